The first kappa shape index (κ1) is 27.0. The molecule has 1 N–H and O–H groups in total. The van der Waals surface area contributed by atoms with E-state index < -0.39 is 33.7 Å². The lowest BCUT2D eigenvalue weighted by atomic mass is 10.1. The van der Waals surface area contributed by atoms with Crippen molar-refractivity contribution in [3.8, 4) is 5.75 Å². The minimum Gasteiger partial charge on any atom is -0.482 e. The lowest BCUT2D eigenvalue weighted by Crippen LogP contribution is -2.58. The van der Waals surface area contributed by atoms with Crippen molar-refractivity contribution in [1.29, 1.82) is 0 Å². The highest BCUT2D eigenvalue weighted by molar-refractivity contribution is 7.93. The van der Waals surface area contributed by atoms with Crippen LogP contribution in [0.2, 0.25) is 5.02 Å². The normalized spacial score (nSPS) is 19.5. The molecule has 0 radical (unpaired) electrons. The summed E-state index contributed by atoms with van der Waals surface area (Å²) < 4.78 is 81.2. The zero-order valence-corrected chi connectivity index (χ0v) is 20.4. The van der Waals surface area contributed by atoms with E-state index in [1.165, 1.54) is 29.0 Å². The third-order valence-electron chi connectivity index (χ3n) is 5.58. The van der Waals surface area contributed by atoms with Crippen LogP contribution in [-0.2, 0) is 21.4 Å². The Morgan fingerprint density at radius 3 is 2.40 bits per heavy atom. The molecule has 2 aromatic rings. The Hall–Kier alpha value is -2.57. The van der Waals surface area contributed by atoms with Crippen LogP contribution in [-0.4, -0.2) is 61.4 Å². The third kappa shape index (κ3) is 6.77. The van der Waals surface area contributed by atoms with E-state index in [0.717, 1.165) is 11.6 Å². The van der Waals surface area contributed by atoms with Crippen LogP contribution in [0, 0.1) is 5.82 Å². The number of carbonyl (C=O) groups is 1. The Kier molecular flexibility index (Phi) is 8.17. The maximum Gasteiger partial charge on any atom is 0.516 e. The Labute approximate surface area is 205 Å². The van der Waals surface area contributed by atoms with Gasteiger partial charge < -0.3 is 9.64 Å². The Balaban J connectivity index is 1.64. The van der Waals surface area contributed by atoms with Crippen LogP contribution in [0.5, 0.6) is 5.75 Å². The van der Waals surface area contributed by atoms with Gasteiger partial charge in [-0.3, -0.25) is 14.4 Å². The number of halogens is 5. The van der Waals surface area contributed by atoms with Gasteiger partial charge in [-0.05, 0) is 49.7 Å². The molecule has 3 rings (SSSR count). The predicted octanol–water partition coefficient (Wildman–Crippen LogP) is 4.24. The molecule has 2 atom stereocenters. The van der Waals surface area contributed by atoms with Gasteiger partial charge in [0.1, 0.15) is 11.6 Å². The highest BCUT2D eigenvalue weighted by atomic mass is 35.5. The molecule has 1 aliphatic heterocycles. The second-order valence-electron chi connectivity index (χ2n) is 8.28. The quantitative estimate of drug-likeness (QED) is 0.535. The van der Waals surface area contributed by atoms with E-state index in [4.69, 9.17) is 16.3 Å². The maximum atomic E-state index is 13.2. The fraction of sp³-hybridized carbons (Fsp3) is 0.409. The molecule has 1 aliphatic rings. The molecule has 0 bridgehead atoms. The van der Waals surface area contributed by atoms with Gasteiger partial charge in [-0.1, -0.05) is 23.7 Å². The molecular weight excluding hydrogens is 514 g/mol. The monoisotopic (exact) mass is 537 g/mol. The SMILES string of the molecule is C[C@@H]1CN(Cc2ccc(F)cc2)[C@@H](C)CN1C(=O)COc1ccc(Cl)cc1NS(=O)(=O)C(F)(F)F. The van der Waals surface area contributed by atoms with Gasteiger partial charge in [0.25, 0.3) is 5.91 Å². The second kappa shape index (κ2) is 10.6. The minimum absolute atomic E-state index is 0.0232. The number of alkyl halides is 3. The first-order valence-electron chi connectivity index (χ1n) is 10.6. The lowest BCUT2D eigenvalue weighted by Gasteiger charge is -2.44. The fourth-order valence-corrected chi connectivity index (χ4v) is 4.46. The molecule has 1 fully saturated rings. The van der Waals surface area contributed by atoms with Gasteiger partial charge in [0.15, 0.2) is 6.61 Å². The van der Waals surface area contributed by atoms with Gasteiger partial charge in [-0.25, -0.2) is 4.39 Å². The van der Waals surface area contributed by atoms with Gasteiger partial charge in [-0.15, -0.1) is 0 Å². The lowest BCUT2D eigenvalue weighted by molar-refractivity contribution is -0.139. The van der Waals surface area contributed by atoms with Crippen molar-refractivity contribution in [2.75, 3.05) is 24.4 Å². The largest absolute Gasteiger partial charge is 0.516 e. The highest BCUT2D eigenvalue weighted by Crippen LogP contribution is 2.33. The van der Waals surface area contributed by atoms with Crippen molar-refractivity contribution in [3.63, 3.8) is 0 Å². The van der Waals surface area contributed by atoms with E-state index >= 15 is 0 Å². The molecule has 0 spiro atoms. The number of anilines is 1. The first-order chi connectivity index (χ1) is 16.3. The molecule has 0 aromatic heterocycles. The second-order valence-corrected chi connectivity index (χ2v) is 10.4. The van der Waals surface area contributed by atoms with Crippen molar-refractivity contribution < 1.29 is 35.5 Å². The summed E-state index contributed by atoms with van der Waals surface area (Å²) in [7, 11) is -5.71. The number of rotatable bonds is 7. The number of hydrogen-bond acceptors (Lipinski definition) is 5. The van der Waals surface area contributed by atoms with E-state index in [2.05, 4.69) is 4.90 Å². The summed E-state index contributed by atoms with van der Waals surface area (Å²) in [6, 6.07) is 9.40. The summed E-state index contributed by atoms with van der Waals surface area (Å²) in [4.78, 5) is 16.6. The van der Waals surface area contributed by atoms with Gasteiger partial charge in [-0.2, -0.15) is 21.6 Å². The Bertz CT molecular complexity index is 1160. The third-order valence-corrected chi connectivity index (χ3v) is 6.91. The number of carbonyl (C=O) groups excluding carboxylic acids is 1. The molecule has 7 nitrogen and oxygen atoms in total. The molecule has 0 aliphatic carbocycles. The average molecular weight is 538 g/mol. The maximum absolute atomic E-state index is 13.2. The Morgan fingerprint density at radius 2 is 1.77 bits per heavy atom. The number of piperazine rings is 1. The zero-order chi connectivity index (χ0) is 26.0. The van der Waals surface area contributed by atoms with Crippen LogP contribution in [0.1, 0.15) is 19.4 Å². The smallest absolute Gasteiger partial charge is 0.482 e. The van der Waals surface area contributed by atoms with Crippen LogP contribution in [0.4, 0.5) is 23.2 Å². The van der Waals surface area contributed by atoms with Crippen LogP contribution in [0.15, 0.2) is 42.5 Å². The number of amides is 1. The van der Waals surface area contributed by atoms with Crippen molar-refractivity contribution in [2.45, 2.75) is 38.0 Å². The number of benzene rings is 2. The van der Waals surface area contributed by atoms with Crippen molar-refractivity contribution in [1.82, 2.24) is 9.80 Å². The number of ether oxygens (including phenoxy) is 1. The molecule has 1 heterocycles. The van der Waals surface area contributed by atoms with Crippen LogP contribution >= 0.6 is 11.6 Å². The Morgan fingerprint density at radius 1 is 1.11 bits per heavy atom. The van der Waals surface area contributed by atoms with E-state index in [1.54, 1.807) is 17.0 Å². The number of nitrogens with zero attached hydrogens (tertiary/aromatic N) is 2. The number of nitrogens with one attached hydrogen (secondary N) is 1. The van der Waals surface area contributed by atoms with Crippen molar-refractivity contribution in [2.24, 2.45) is 0 Å². The van der Waals surface area contributed by atoms with Crippen molar-refractivity contribution >= 4 is 33.2 Å². The van der Waals surface area contributed by atoms with E-state index in [1.807, 2.05) is 13.8 Å². The van der Waals surface area contributed by atoms with Crippen LogP contribution in [0.25, 0.3) is 0 Å². The molecule has 1 saturated heterocycles. The highest BCUT2D eigenvalue weighted by Gasteiger charge is 2.46. The number of sulfonamides is 1. The zero-order valence-electron chi connectivity index (χ0n) is 18.9. The average Bonchev–Trinajstić information content (AvgIpc) is 2.75. The molecule has 1 amide bonds. The summed E-state index contributed by atoms with van der Waals surface area (Å²) in [6.45, 7) is 4.78. The van der Waals surface area contributed by atoms with Gasteiger partial charge in [0.2, 0.25) is 0 Å². The molecule has 13 heteroatoms. The van der Waals surface area contributed by atoms with Crippen LogP contribution < -0.4 is 9.46 Å². The molecule has 0 unspecified atom stereocenters. The molecule has 35 heavy (non-hydrogen) atoms. The summed E-state index contributed by atoms with van der Waals surface area (Å²) in [5.74, 6) is -1.00. The van der Waals surface area contributed by atoms with Gasteiger partial charge in [0.05, 0.1) is 5.69 Å². The van der Waals surface area contributed by atoms with E-state index in [-0.39, 0.29) is 28.7 Å². The molecule has 2 aromatic carbocycles. The first-order valence-corrected chi connectivity index (χ1v) is 12.4. The number of hydrogen-bond donors (Lipinski definition) is 1. The standard InChI is InChI=1S/C22H24ClF4N3O4S/c1-14-11-30(15(2)10-29(14)12-16-3-6-18(24)7-4-16)21(31)13-34-20-8-5-17(23)9-19(20)28-35(32,33)22(25,26)27/h3-9,14-15,28H,10-13H2,1-2H3/t14-,15+/m0/s1. The van der Waals surface area contributed by atoms with E-state index in [0.29, 0.717) is 19.6 Å². The molecule has 0 saturated carbocycles. The molecule has 192 valence electrons. The summed E-state index contributed by atoms with van der Waals surface area (Å²) in [5.41, 5.74) is -5.14. The summed E-state index contributed by atoms with van der Waals surface area (Å²) >= 11 is 5.79. The van der Waals surface area contributed by atoms with Crippen LogP contribution in [0.3, 0.4) is 0 Å². The fourth-order valence-electron chi connectivity index (χ4n) is 3.72. The van der Waals surface area contributed by atoms with Crippen molar-refractivity contribution in [3.05, 3.63) is 58.9 Å². The molecular formula is C22H24ClF4N3O4S. The van der Waals surface area contributed by atoms with Gasteiger partial charge >= 0.3 is 15.5 Å². The predicted molar refractivity (Wildman–Crippen MR) is 123 cm³/mol. The van der Waals surface area contributed by atoms with E-state index in [9.17, 15) is 30.8 Å². The van der Waals surface area contributed by atoms with Gasteiger partial charge in [0, 0.05) is 36.7 Å². The summed E-state index contributed by atoms with van der Waals surface area (Å²) in [6.07, 6.45) is 0. The summed E-state index contributed by atoms with van der Waals surface area (Å²) in [5, 5.41) is -0.0247. The minimum atomic E-state index is -5.71. The topological polar surface area (TPSA) is 79.0 Å².